The van der Waals surface area contributed by atoms with Gasteiger partial charge in [-0.15, -0.1) is 0 Å². The Hall–Kier alpha value is -0.910. The molecule has 0 aliphatic heterocycles. The minimum Gasteiger partial charge on any atom is -0.394 e. The molecule has 3 N–H and O–H groups in total. The van der Waals surface area contributed by atoms with Crippen molar-refractivity contribution in [2.24, 2.45) is 0 Å². The largest absolute Gasteiger partial charge is 0.417 e. The van der Waals surface area contributed by atoms with E-state index < -0.39 is 18.3 Å². The molecular formula is C16H23BrF3NO5. The lowest BCUT2D eigenvalue weighted by Crippen LogP contribution is -2.32. The molecule has 0 saturated carbocycles. The Morgan fingerprint density at radius 1 is 0.923 bits per heavy atom. The zero-order chi connectivity index (χ0) is 19.6. The van der Waals surface area contributed by atoms with Gasteiger partial charge in [0.05, 0.1) is 51.8 Å². The average molecular weight is 446 g/mol. The topological polar surface area (TPSA) is 82.4 Å². The third-order valence-corrected chi connectivity index (χ3v) is 4.12. The third kappa shape index (κ3) is 7.37. The molecule has 0 aliphatic carbocycles. The van der Waals surface area contributed by atoms with E-state index in [0.29, 0.717) is 5.56 Å². The zero-order valence-corrected chi connectivity index (χ0v) is 15.7. The predicted octanol–water partition coefficient (Wildman–Crippen LogP) is 1.78. The van der Waals surface area contributed by atoms with E-state index in [2.05, 4.69) is 15.9 Å². The van der Waals surface area contributed by atoms with Crippen molar-refractivity contribution in [3.63, 3.8) is 0 Å². The van der Waals surface area contributed by atoms with E-state index in [-0.39, 0.29) is 62.9 Å². The molecule has 1 aromatic rings. The number of alkyl halides is 3. The van der Waals surface area contributed by atoms with Crippen LogP contribution in [0.25, 0.3) is 0 Å². The lowest BCUT2D eigenvalue weighted by Gasteiger charge is -2.28. The van der Waals surface area contributed by atoms with Crippen LogP contribution in [0.1, 0.15) is 11.1 Å². The molecule has 1 rings (SSSR count). The van der Waals surface area contributed by atoms with Gasteiger partial charge in [0.25, 0.3) is 0 Å². The normalized spacial score (nSPS) is 11.8. The molecule has 0 amide bonds. The van der Waals surface area contributed by atoms with Crippen molar-refractivity contribution in [1.82, 2.24) is 0 Å². The van der Waals surface area contributed by atoms with E-state index in [1.54, 1.807) is 4.90 Å². The summed E-state index contributed by atoms with van der Waals surface area (Å²) in [6, 6.07) is 2.22. The van der Waals surface area contributed by atoms with Gasteiger partial charge in [-0.1, -0.05) is 15.9 Å². The summed E-state index contributed by atoms with van der Waals surface area (Å²) in [6.45, 7) is 0.355. The molecule has 0 unspecified atom stereocenters. The molecular weight excluding hydrogens is 423 g/mol. The van der Waals surface area contributed by atoms with Crippen LogP contribution >= 0.6 is 15.9 Å². The fourth-order valence-corrected chi connectivity index (χ4v) is 2.89. The SMILES string of the molecule is OCCOCCN(CCOCCO)c1cc(C(F)(F)F)c(Br)cc1CO. The van der Waals surface area contributed by atoms with Crippen LogP contribution in [0, 0.1) is 0 Å². The maximum Gasteiger partial charge on any atom is 0.417 e. The summed E-state index contributed by atoms with van der Waals surface area (Å²) in [4.78, 5) is 1.61. The first-order valence-electron chi connectivity index (χ1n) is 7.97. The molecule has 26 heavy (non-hydrogen) atoms. The molecule has 0 saturated heterocycles. The monoisotopic (exact) mass is 445 g/mol. The lowest BCUT2D eigenvalue weighted by atomic mass is 10.1. The van der Waals surface area contributed by atoms with Gasteiger partial charge >= 0.3 is 6.18 Å². The second-order valence-electron chi connectivity index (χ2n) is 5.28. The highest BCUT2D eigenvalue weighted by Crippen LogP contribution is 2.39. The molecule has 0 fully saturated rings. The second-order valence-corrected chi connectivity index (χ2v) is 6.13. The first kappa shape index (κ1) is 23.1. The third-order valence-electron chi connectivity index (χ3n) is 3.47. The predicted molar refractivity (Wildman–Crippen MR) is 93.1 cm³/mol. The summed E-state index contributed by atoms with van der Waals surface area (Å²) in [5, 5.41) is 27.0. The molecule has 0 aromatic heterocycles. The standard InChI is InChI=1S/C16H23BrF3NO5/c17-14-9-12(11-24)15(10-13(14)16(18,19)20)21(1-5-25-7-3-22)2-6-26-8-4-23/h9-10,22-24H,1-8,11H2. The molecule has 6 nitrogen and oxygen atoms in total. The highest BCUT2D eigenvalue weighted by atomic mass is 79.9. The molecule has 0 aliphatic rings. The summed E-state index contributed by atoms with van der Waals surface area (Å²) in [6.07, 6.45) is -4.55. The Morgan fingerprint density at radius 3 is 1.88 bits per heavy atom. The number of nitrogens with zero attached hydrogens (tertiary/aromatic N) is 1. The maximum absolute atomic E-state index is 13.2. The van der Waals surface area contributed by atoms with Crippen molar-refractivity contribution in [3.05, 3.63) is 27.7 Å². The number of aliphatic hydroxyl groups excluding tert-OH is 3. The molecule has 0 bridgehead atoms. The van der Waals surface area contributed by atoms with Crippen LogP contribution in [-0.4, -0.2) is 68.1 Å². The minimum absolute atomic E-state index is 0.121. The van der Waals surface area contributed by atoms with Gasteiger partial charge in [-0.05, 0) is 12.1 Å². The van der Waals surface area contributed by atoms with Crippen molar-refractivity contribution in [2.45, 2.75) is 12.8 Å². The van der Waals surface area contributed by atoms with Crippen LogP contribution in [-0.2, 0) is 22.3 Å². The van der Waals surface area contributed by atoms with Crippen molar-refractivity contribution in [3.8, 4) is 0 Å². The van der Waals surface area contributed by atoms with Crippen LogP contribution in [0.4, 0.5) is 18.9 Å². The first-order valence-corrected chi connectivity index (χ1v) is 8.77. The Labute approximate surface area is 158 Å². The van der Waals surface area contributed by atoms with Gasteiger partial charge < -0.3 is 29.7 Å². The van der Waals surface area contributed by atoms with E-state index in [9.17, 15) is 18.3 Å². The molecule has 0 atom stereocenters. The number of ether oxygens (including phenoxy) is 2. The Bertz CT molecular complexity index is 533. The number of benzene rings is 1. The highest BCUT2D eigenvalue weighted by molar-refractivity contribution is 9.10. The van der Waals surface area contributed by atoms with E-state index in [1.165, 1.54) is 6.07 Å². The van der Waals surface area contributed by atoms with Gasteiger partial charge in [0.15, 0.2) is 0 Å². The zero-order valence-electron chi connectivity index (χ0n) is 14.1. The summed E-state index contributed by atoms with van der Waals surface area (Å²) < 4.78 is 49.9. The van der Waals surface area contributed by atoms with Crippen molar-refractivity contribution >= 4 is 21.6 Å². The number of anilines is 1. The number of rotatable bonds is 12. The average Bonchev–Trinajstić information content (AvgIpc) is 2.59. The van der Waals surface area contributed by atoms with Gasteiger partial charge in [-0.2, -0.15) is 13.2 Å². The Kier molecular flexibility index (Phi) is 10.4. The summed E-state index contributed by atoms with van der Waals surface area (Å²) >= 11 is 2.90. The fraction of sp³-hybridized carbons (Fsp3) is 0.625. The van der Waals surface area contributed by atoms with Crippen LogP contribution in [0.5, 0.6) is 0 Å². The lowest BCUT2D eigenvalue weighted by molar-refractivity contribution is -0.138. The first-order chi connectivity index (χ1) is 12.3. The van der Waals surface area contributed by atoms with Crippen LogP contribution in [0.3, 0.4) is 0 Å². The molecule has 0 radical (unpaired) electrons. The van der Waals surface area contributed by atoms with Gasteiger partial charge in [0, 0.05) is 28.8 Å². The van der Waals surface area contributed by atoms with Gasteiger partial charge in [0.2, 0.25) is 0 Å². The number of halogens is 4. The molecule has 10 heteroatoms. The second kappa shape index (κ2) is 11.7. The van der Waals surface area contributed by atoms with Crippen LogP contribution in [0.15, 0.2) is 16.6 Å². The summed E-state index contributed by atoms with van der Waals surface area (Å²) in [5.41, 5.74) is -0.292. The quantitative estimate of drug-likeness (QED) is 0.425. The number of aliphatic hydroxyl groups is 3. The van der Waals surface area contributed by atoms with Gasteiger partial charge in [-0.25, -0.2) is 0 Å². The van der Waals surface area contributed by atoms with E-state index in [0.717, 1.165) is 6.07 Å². The minimum atomic E-state index is -4.55. The molecule has 0 heterocycles. The summed E-state index contributed by atoms with van der Waals surface area (Å²) in [5.74, 6) is 0. The fourth-order valence-electron chi connectivity index (χ4n) is 2.28. The Balaban J connectivity index is 3.07. The Morgan fingerprint density at radius 2 is 1.46 bits per heavy atom. The molecule has 1 aromatic carbocycles. The smallest absolute Gasteiger partial charge is 0.394 e. The van der Waals surface area contributed by atoms with Crippen molar-refractivity contribution in [1.29, 1.82) is 0 Å². The van der Waals surface area contributed by atoms with Gasteiger partial charge in [0.1, 0.15) is 0 Å². The number of hydrogen-bond donors (Lipinski definition) is 3. The van der Waals surface area contributed by atoms with Gasteiger partial charge in [-0.3, -0.25) is 0 Å². The van der Waals surface area contributed by atoms with Crippen LogP contribution in [0.2, 0.25) is 0 Å². The van der Waals surface area contributed by atoms with E-state index in [1.807, 2.05) is 0 Å². The summed E-state index contributed by atoms with van der Waals surface area (Å²) in [7, 11) is 0. The van der Waals surface area contributed by atoms with Crippen LogP contribution < -0.4 is 4.90 Å². The van der Waals surface area contributed by atoms with Crippen molar-refractivity contribution in [2.75, 3.05) is 57.6 Å². The molecule has 0 spiro atoms. The highest BCUT2D eigenvalue weighted by Gasteiger charge is 2.34. The van der Waals surface area contributed by atoms with Crippen molar-refractivity contribution < 1.29 is 38.0 Å². The van der Waals surface area contributed by atoms with E-state index in [4.69, 9.17) is 19.7 Å². The maximum atomic E-state index is 13.2. The number of hydrogen-bond acceptors (Lipinski definition) is 6. The van der Waals surface area contributed by atoms with E-state index >= 15 is 0 Å². The molecule has 150 valence electrons.